The van der Waals surface area contributed by atoms with E-state index in [9.17, 15) is 4.79 Å². The number of methoxy groups -OCH3 is 2. The number of para-hydroxylation sites is 2. The van der Waals surface area contributed by atoms with Crippen molar-refractivity contribution in [3.05, 3.63) is 48.0 Å². The maximum Gasteiger partial charge on any atom is 0.263 e. The first-order chi connectivity index (χ1) is 10.7. The minimum Gasteiger partial charge on any atom is -0.496 e. The summed E-state index contributed by atoms with van der Waals surface area (Å²) in [5.74, 6) is 1.20. The van der Waals surface area contributed by atoms with Gasteiger partial charge in [0, 0.05) is 0 Å². The van der Waals surface area contributed by atoms with Crippen LogP contribution in [0.1, 0.15) is 17.3 Å². The highest BCUT2D eigenvalue weighted by molar-refractivity contribution is 6.08. The molecule has 5 nitrogen and oxygen atoms in total. The van der Waals surface area contributed by atoms with Crippen LogP contribution in [0.3, 0.4) is 0 Å². The standard InChI is InChI=1S/C17H19NO4/c1-4-22-13-9-6-5-8-12(13)18-17(19)16-14(20-2)10-7-11-15(16)21-3/h5-11H,4H2,1-3H3,(H,18,19). The van der Waals surface area contributed by atoms with Crippen molar-refractivity contribution < 1.29 is 19.0 Å². The van der Waals surface area contributed by atoms with Gasteiger partial charge in [-0.2, -0.15) is 0 Å². The molecule has 2 aromatic carbocycles. The number of carbonyl (C=O) groups excluding carboxylic acids is 1. The molecule has 1 amide bonds. The first-order valence-corrected chi connectivity index (χ1v) is 6.95. The van der Waals surface area contributed by atoms with E-state index in [1.54, 1.807) is 30.3 Å². The van der Waals surface area contributed by atoms with Crippen LogP contribution in [0.25, 0.3) is 0 Å². The fourth-order valence-electron chi connectivity index (χ4n) is 2.11. The Morgan fingerprint density at radius 3 is 2.14 bits per heavy atom. The van der Waals surface area contributed by atoms with Crippen LogP contribution < -0.4 is 19.5 Å². The zero-order valence-electron chi connectivity index (χ0n) is 12.9. The summed E-state index contributed by atoms with van der Waals surface area (Å²) in [6, 6.07) is 12.5. The second kappa shape index (κ2) is 7.36. The third kappa shape index (κ3) is 3.31. The van der Waals surface area contributed by atoms with Gasteiger partial charge in [0.2, 0.25) is 0 Å². The Morgan fingerprint density at radius 1 is 0.955 bits per heavy atom. The number of amides is 1. The van der Waals surface area contributed by atoms with Gasteiger partial charge in [-0.25, -0.2) is 0 Å². The van der Waals surface area contributed by atoms with Crippen molar-refractivity contribution in [2.24, 2.45) is 0 Å². The third-order valence-corrected chi connectivity index (χ3v) is 3.09. The van der Waals surface area contributed by atoms with Crippen molar-refractivity contribution in [1.29, 1.82) is 0 Å². The largest absolute Gasteiger partial charge is 0.496 e. The molecule has 2 aromatic rings. The Balaban J connectivity index is 2.34. The summed E-state index contributed by atoms with van der Waals surface area (Å²) >= 11 is 0. The zero-order valence-corrected chi connectivity index (χ0v) is 12.9. The first kappa shape index (κ1) is 15.7. The van der Waals surface area contributed by atoms with E-state index in [0.29, 0.717) is 35.1 Å². The molecule has 0 saturated heterocycles. The highest BCUT2D eigenvalue weighted by Gasteiger charge is 2.19. The lowest BCUT2D eigenvalue weighted by atomic mass is 10.1. The number of carbonyl (C=O) groups is 1. The molecule has 22 heavy (non-hydrogen) atoms. The molecular formula is C17H19NO4. The van der Waals surface area contributed by atoms with Crippen LogP contribution in [0.5, 0.6) is 17.2 Å². The Kier molecular flexibility index (Phi) is 5.25. The Labute approximate surface area is 129 Å². The normalized spacial score (nSPS) is 9.95. The summed E-state index contributed by atoms with van der Waals surface area (Å²) < 4.78 is 16.0. The van der Waals surface area contributed by atoms with Gasteiger partial charge in [0.05, 0.1) is 26.5 Å². The molecule has 0 saturated carbocycles. The number of anilines is 1. The molecule has 2 rings (SSSR count). The number of benzene rings is 2. The predicted octanol–water partition coefficient (Wildman–Crippen LogP) is 3.35. The van der Waals surface area contributed by atoms with E-state index in [2.05, 4.69) is 5.32 Å². The summed E-state index contributed by atoms with van der Waals surface area (Å²) in [6.07, 6.45) is 0. The third-order valence-electron chi connectivity index (χ3n) is 3.09. The van der Waals surface area contributed by atoms with Gasteiger partial charge in [0.1, 0.15) is 22.8 Å². The molecule has 0 aliphatic carbocycles. The number of nitrogens with one attached hydrogen (secondary N) is 1. The fraction of sp³-hybridized carbons (Fsp3) is 0.235. The Morgan fingerprint density at radius 2 is 1.55 bits per heavy atom. The summed E-state index contributed by atoms with van der Waals surface area (Å²) in [6.45, 7) is 2.41. The molecule has 0 unspecified atom stereocenters. The van der Waals surface area contributed by atoms with E-state index in [1.807, 2.05) is 19.1 Å². The Bertz CT molecular complexity index is 633. The number of rotatable bonds is 6. The van der Waals surface area contributed by atoms with Crippen molar-refractivity contribution in [2.75, 3.05) is 26.1 Å². The summed E-state index contributed by atoms with van der Waals surface area (Å²) in [5.41, 5.74) is 0.945. The minimum absolute atomic E-state index is 0.318. The lowest BCUT2D eigenvalue weighted by molar-refractivity contribution is 0.102. The number of hydrogen-bond donors (Lipinski definition) is 1. The lowest BCUT2D eigenvalue weighted by Crippen LogP contribution is -2.15. The van der Waals surface area contributed by atoms with Gasteiger partial charge in [0.15, 0.2) is 0 Å². The monoisotopic (exact) mass is 301 g/mol. The summed E-state index contributed by atoms with van der Waals surface area (Å²) in [4.78, 5) is 12.6. The van der Waals surface area contributed by atoms with Crippen LogP contribution in [0.4, 0.5) is 5.69 Å². The topological polar surface area (TPSA) is 56.8 Å². The van der Waals surface area contributed by atoms with Crippen LogP contribution in [-0.4, -0.2) is 26.7 Å². The number of hydrogen-bond acceptors (Lipinski definition) is 4. The highest BCUT2D eigenvalue weighted by atomic mass is 16.5. The summed E-state index contributed by atoms with van der Waals surface area (Å²) in [7, 11) is 3.03. The predicted molar refractivity (Wildman–Crippen MR) is 85.1 cm³/mol. The molecule has 0 aliphatic heterocycles. The molecule has 5 heteroatoms. The quantitative estimate of drug-likeness (QED) is 0.889. The maximum absolute atomic E-state index is 12.6. The molecule has 0 atom stereocenters. The van der Waals surface area contributed by atoms with E-state index in [0.717, 1.165) is 0 Å². The lowest BCUT2D eigenvalue weighted by Gasteiger charge is -2.15. The molecular weight excluding hydrogens is 282 g/mol. The molecule has 116 valence electrons. The fourth-order valence-corrected chi connectivity index (χ4v) is 2.11. The van der Waals surface area contributed by atoms with Crippen molar-refractivity contribution >= 4 is 11.6 Å². The van der Waals surface area contributed by atoms with E-state index in [4.69, 9.17) is 14.2 Å². The van der Waals surface area contributed by atoms with Crippen molar-refractivity contribution in [3.8, 4) is 17.2 Å². The average Bonchev–Trinajstić information content (AvgIpc) is 2.55. The Hall–Kier alpha value is -2.69. The zero-order chi connectivity index (χ0) is 15.9. The number of ether oxygens (including phenoxy) is 3. The molecule has 0 aliphatic rings. The van der Waals surface area contributed by atoms with Crippen LogP contribution in [0.15, 0.2) is 42.5 Å². The van der Waals surface area contributed by atoms with E-state index in [1.165, 1.54) is 14.2 Å². The van der Waals surface area contributed by atoms with E-state index >= 15 is 0 Å². The minimum atomic E-state index is -0.318. The molecule has 1 N–H and O–H groups in total. The van der Waals surface area contributed by atoms with Gasteiger partial charge in [-0.15, -0.1) is 0 Å². The van der Waals surface area contributed by atoms with Gasteiger partial charge < -0.3 is 19.5 Å². The molecule has 0 fully saturated rings. The van der Waals surface area contributed by atoms with E-state index < -0.39 is 0 Å². The second-order valence-corrected chi connectivity index (χ2v) is 4.42. The first-order valence-electron chi connectivity index (χ1n) is 6.95. The van der Waals surface area contributed by atoms with Gasteiger partial charge >= 0.3 is 0 Å². The van der Waals surface area contributed by atoms with Gasteiger partial charge in [0.25, 0.3) is 5.91 Å². The van der Waals surface area contributed by atoms with Crippen LogP contribution in [-0.2, 0) is 0 Å². The van der Waals surface area contributed by atoms with Crippen molar-refractivity contribution in [2.45, 2.75) is 6.92 Å². The van der Waals surface area contributed by atoms with Crippen molar-refractivity contribution in [1.82, 2.24) is 0 Å². The SMILES string of the molecule is CCOc1ccccc1NC(=O)c1c(OC)cccc1OC. The molecule has 0 aromatic heterocycles. The smallest absolute Gasteiger partial charge is 0.263 e. The van der Waals surface area contributed by atoms with Gasteiger partial charge in [-0.1, -0.05) is 18.2 Å². The summed E-state index contributed by atoms with van der Waals surface area (Å²) in [5, 5.41) is 2.84. The molecule has 0 bridgehead atoms. The van der Waals surface area contributed by atoms with Crippen LogP contribution in [0, 0.1) is 0 Å². The van der Waals surface area contributed by atoms with Crippen LogP contribution >= 0.6 is 0 Å². The molecule has 0 spiro atoms. The van der Waals surface area contributed by atoms with Gasteiger partial charge in [-0.3, -0.25) is 4.79 Å². The molecule has 0 heterocycles. The van der Waals surface area contributed by atoms with Gasteiger partial charge in [-0.05, 0) is 31.2 Å². The van der Waals surface area contributed by atoms with Crippen LogP contribution in [0.2, 0.25) is 0 Å². The molecule has 0 radical (unpaired) electrons. The van der Waals surface area contributed by atoms with Crippen molar-refractivity contribution in [3.63, 3.8) is 0 Å². The average molecular weight is 301 g/mol. The van der Waals surface area contributed by atoms with E-state index in [-0.39, 0.29) is 5.91 Å². The maximum atomic E-state index is 12.6. The second-order valence-electron chi connectivity index (χ2n) is 4.42. The highest BCUT2D eigenvalue weighted by Crippen LogP contribution is 2.31.